The average Bonchev–Trinajstić information content (AvgIpc) is 3.33. The summed E-state index contributed by atoms with van der Waals surface area (Å²) in [6, 6.07) is 5.30. The zero-order valence-electron chi connectivity index (χ0n) is 16.9. The maximum atomic E-state index is 13.4. The van der Waals surface area contributed by atoms with E-state index in [1.807, 2.05) is 0 Å². The average molecular weight is 433 g/mol. The van der Waals surface area contributed by atoms with E-state index >= 15 is 0 Å². The van der Waals surface area contributed by atoms with E-state index in [2.05, 4.69) is 10.3 Å². The molecule has 2 N–H and O–H groups in total. The maximum absolute atomic E-state index is 13.4. The predicted octanol–water partition coefficient (Wildman–Crippen LogP) is 2.79. The molecule has 0 aromatic heterocycles. The molecule has 3 amide bonds. The summed E-state index contributed by atoms with van der Waals surface area (Å²) in [7, 11) is 1.51. The van der Waals surface area contributed by atoms with Gasteiger partial charge in [-0.1, -0.05) is 18.2 Å². The molecule has 0 unspecified atom stereocenters. The van der Waals surface area contributed by atoms with E-state index < -0.39 is 11.7 Å². The molecule has 4 rings (SSSR count). The molecule has 1 fully saturated rings. The van der Waals surface area contributed by atoms with Crippen molar-refractivity contribution in [2.45, 2.75) is 24.9 Å². The van der Waals surface area contributed by atoms with E-state index in [1.165, 1.54) is 24.1 Å². The lowest BCUT2D eigenvalue weighted by Crippen LogP contribution is -2.43. The molecule has 3 aliphatic heterocycles. The van der Waals surface area contributed by atoms with Crippen LogP contribution >= 0.6 is 0 Å². The van der Waals surface area contributed by atoms with Gasteiger partial charge in [-0.25, -0.2) is 9.79 Å². The minimum Gasteiger partial charge on any atom is -0.341 e. The summed E-state index contributed by atoms with van der Waals surface area (Å²) in [4.78, 5) is 32.2. The van der Waals surface area contributed by atoms with Gasteiger partial charge in [0.1, 0.15) is 5.71 Å². The lowest BCUT2D eigenvalue weighted by molar-refractivity contribution is -0.138. The van der Waals surface area contributed by atoms with Crippen LogP contribution in [0.2, 0.25) is 0 Å². The van der Waals surface area contributed by atoms with Crippen molar-refractivity contribution in [3.63, 3.8) is 0 Å². The summed E-state index contributed by atoms with van der Waals surface area (Å²) in [6.45, 7) is 1.05. The lowest BCUT2D eigenvalue weighted by atomic mass is 9.86. The molecule has 3 aliphatic rings. The number of amidine groups is 1. The van der Waals surface area contributed by atoms with Crippen LogP contribution in [0.3, 0.4) is 0 Å². The molecular weight excluding hydrogens is 411 g/mol. The van der Waals surface area contributed by atoms with Crippen LogP contribution < -0.4 is 5.32 Å². The molecule has 7 nitrogen and oxygen atoms in total. The van der Waals surface area contributed by atoms with Crippen molar-refractivity contribution in [3.8, 4) is 0 Å². The second kappa shape index (κ2) is 7.82. The topological polar surface area (TPSA) is 88.9 Å². The third-order valence-electron chi connectivity index (χ3n) is 6.05. The molecule has 0 atom stereocenters. The number of benzene rings is 1. The van der Waals surface area contributed by atoms with E-state index in [0.717, 1.165) is 6.07 Å². The second-order valence-corrected chi connectivity index (χ2v) is 7.83. The monoisotopic (exact) mass is 433 g/mol. The Morgan fingerprint density at radius 3 is 2.39 bits per heavy atom. The van der Waals surface area contributed by atoms with Gasteiger partial charge in [-0.15, -0.1) is 0 Å². The Morgan fingerprint density at radius 2 is 1.74 bits per heavy atom. The van der Waals surface area contributed by atoms with Crippen LogP contribution in [0.25, 0.3) is 0 Å². The largest absolute Gasteiger partial charge is 0.416 e. The molecule has 0 aliphatic carbocycles. The fourth-order valence-electron chi connectivity index (χ4n) is 4.44. The molecule has 0 saturated carbocycles. The maximum Gasteiger partial charge on any atom is 0.416 e. The third kappa shape index (κ3) is 3.82. The first-order valence-electron chi connectivity index (χ1n) is 10.0. The quantitative estimate of drug-likeness (QED) is 0.751. The number of carbonyl (C=O) groups excluding carboxylic acids is 2. The molecule has 10 heteroatoms. The molecule has 1 saturated heterocycles. The van der Waals surface area contributed by atoms with E-state index in [9.17, 15) is 22.8 Å². The summed E-state index contributed by atoms with van der Waals surface area (Å²) in [6.07, 6.45) is -3.58. The SMILES string of the molecule is CNC(=O)N1CC2=C(C1)C(C(=O)N1CCC(c3ccccc3C(F)(F)F)CC1)=NC2=N. The number of alkyl halides is 3. The fourth-order valence-corrected chi connectivity index (χ4v) is 4.44. The minimum atomic E-state index is -4.41. The molecule has 0 bridgehead atoms. The highest BCUT2D eigenvalue weighted by molar-refractivity contribution is 6.50. The Labute approximate surface area is 177 Å². The van der Waals surface area contributed by atoms with Crippen LogP contribution in [-0.4, -0.2) is 66.5 Å². The number of rotatable bonds is 2. The van der Waals surface area contributed by atoms with Crippen molar-refractivity contribution in [2.75, 3.05) is 33.2 Å². The number of hydrogen-bond donors (Lipinski definition) is 2. The number of urea groups is 1. The Hall–Kier alpha value is -3.17. The summed E-state index contributed by atoms with van der Waals surface area (Å²) in [5.41, 5.74) is 0.970. The number of amides is 3. The highest BCUT2D eigenvalue weighted by Crippen LogP contribution is 2.39. The molecule has 0 spiro atoms. The van der Waals surface area contributed by atoms with Gasteiger partial charge >= 0.3 is 12.2 Å². The summed E-state index contributed by atoms with van der Waals surface area (Å²) >= 11 is 0. The molecule has 0 radical (unpaired) electrons. The van der Waals surface area contributed by atoms with Gasteiger partial charge in [0, 0.05) is 31.3 Å². The molecule has 1 aromatic rings. The van der Waals surface area contributed by atoms with E-state index in [0.29, 0.717) is 37.1 Å². The van der Waals surface area contributed by atoms with Crippen LogP contribution in [0.1, 0.15) is 29.9 Å². The van der Waals surface area contributed by atoms with Crippen molar-refractivity contribution in [2.24, 2.45) is 4.99 Å². The highest BCUT2D eigenvalue weighted by Gasteiger charge is 2.40. The lowest BCUT2D eigenvalue weighted by Gasteiger charge is -2.33. The zero-order chi connectivity index (χ0) is 22.3. The van der Waals surface area contributed by atoms with E-state index in [1.54, 1.807) is 11.0 Å². The summed E-state index contributed by atoms with van der Waals surface area (Å²) in [5.74, 6) is -0.634. The predicted molar refractivity (Wildman–Crippen MR) is 108 cm³/mol. The standard InChI is InChI=1S/C21H22F3N5O2/c1-26-20(31)29-10-14-15(11-29)18(25)27-17(14)19(30)28-8-6-12(7-9-28)13-4-2-3-5-16(13)21(22,23)24/h2-5,12,25H,6-11H2,1H3,(H,26,31). The number of carbonyl (C=O) groups is 2. The molecule has 1 aromatic carbocycles. The Kier molecular flexibility index (Phi) is 5.32. The van der Waals surface area contributed by atoms with Gasteiger partial charge in [-0.2, -0.15) is 13.2 Å². The minimum absolute atomic E-state index is 0.0151. The number of aliphatic imine (C=N–C) groups is 1. The third-order valence-corrected chi connectivity index (χ3v) is 6.05. The van der Waals surface area contributed by atoms with Gasteiger partial charge in [0.25, 0.3) is 5.91 Å². The van der Waals surface area contributed by atoms with Crippen LogP contribution in [0.4, 0.5) is 18.0 Å². The number of likely N-dealkylation sites (tertiary alicyclic amines) is 1. The van der Waals surface area contributed by atoms with Crippen LogP contribution in [0.15, 0.2) is 40.4 Å². The van der Waals surface area contributed by atoms with Gasteiger partial charge < -0.3 is 15.1 Å². The van der Waals surface area contributed by atoms with Crippen molar-refractivity contribution >= 4 is 23.5 Å². The highest BCUT2D eigenvalue weighted by atomic mass is 19.4. The van der Waals surface area contributed by atoms with Gasteiger partial charge in [-0.05, 0) is 30.4 Å². The first-order valence-corrected chi connectivity index (χ1v) is 10.0. The second-order valence-electron chi connectivity index (χ2n) is 7.83. The Balaban J connectivity index is 1.45. The van der Waals surface area contributed by atoms with Crippen LogP contribution in [0, 0.1) is 5.41 Å². The number of nitrogens with zero attached hydrogens (tertiary/aromatic N) is 3. The fraction of sp³-hybridized carbons (Fsp3) is 0.429. The zero-order valence-corrected chi connectivity index (χ0v) is 16.9. The van der Waals surface area contributed by atoms with Gasteiger partial charge in [0.05, 0.1) is 18.7 Å². The molecule has 3 heterocycles. The van der Waals surface area contributed by atoms with Gasteiger partial charge in [0.2, 0.25) is 0 Å². The van der Waals surface area contributed by atoms with Crippen molar-refractivity contribution in [3.05, 3.63) is 46.5 Å². The van der Waals surface area contributed by atoms with E-state index in [4.69, 9.17) is 5.41 Å². The first kappa shape index (κ1) is 21.1. The van der Waals surface area contributed by atoms with Gasteiger partial charge in [-0.3, -0.25) is 10.2 Å². The van der Waals surface area contributed by atoms with E-state index in [-0.39, 0.29) is 48.1 Å². The Morgan fingerprint density at radius 1 is 1.10 bits per heavy atom. The smallest absolute Gasteiger partial charge is 0.341 e. The van der Waals surface area contributed by atoms with Crippen LogP contribution in [-0.2, 0) is 11.0 Å². The summed E-state index contributed by atoms with van der Waals surface area (Å²) in [5, 5.41) is 10.6. The van der Waals surface area contributed by atoms with Crippen LogP contribution in [0.5, 0.6) is 0 Å². The van der Waals surface area contributed by atoms with Crippen molar-refractivity contribution in [1.82, 2.24) is 15.1 Å². The summed E-state index contributed by atoms with van der Waals surface area (Å²) < 4.78 is 40.1. The molecule has 31 heavy (non-hydrogen) atoms. The molecular formula is C21H22F3N5O2. The number of hydrogen-bond acceptors (Lipinski definition) is 3. The van der Waals surface area contributed by atoms with Gasteiger partial charge in [0.15, 0.2) is 5.84 Å². The number of piperidine rings is 1. The number of nitrogens with one attached hydrogen (secondary N) is 2. The molecule has 164 valence electrons. The Bertz CT molecular complexity index is 1010. The van der Waals surface area contributed by atoms with Crippen molar-refractivity contribution in [1.29, 1.82) is 5.41 Å². The first-order chi connectivity index (χ1) is 14.7. The normalized spacial score (nSPS) is 19.6. The number of halogens is 3. The van der Waals surface area contributed by atoms with Crippen molar-refractivity contribution < 1.29 is 22.8 Å².